The number of aromatic amines is 1. The lowest BCUT2D eigenvalue weighted by molar-refractivity contribution is -0.137. The van der Waals surface area contributed by atoms with Crippen LogP contribution in [0.1, 0.15) is 93.3 Å². The lowest BCUT2D eigenvalue weighted by Gasteiger charge is -2.22. The van der Waals surface area contributed by atoms with Crippen LogP contribution in [0.15, 0.2) is 48.7 Å². The van der Waals surface area contributed by atoms with E-state index in [1.807, 2.05) is 42.5 Å². The van der Waals surface area contributed by atoms with E-state index in [0.29, 0.717) is 41.7 Å². The molecule has 0 amide bonds. The van der Waals surface area contributed by atoms with E-state index in [1.54, 1.807) is 6.20 Å². The van der Waals surface area contributed by atoms with Gasteiger partial charge >= 0.3 is 11.9 Å². The normalized spacial score (nSPS) is 14.1. The number of thiophene rings is 1. The number of benzene rings is 2. The molecule has 1 fully saturated rings. The van der Waals surface area contributed by atoms with Crippen molar-refractivity contribution in [2.45, 2.75) is 63.7 Å². The van der Waals surface area contributed by atoms with Gasteiger partial charge in [-0.15, -0.1) is 11.3 Å². The number of para-hydroxylation sites is 1. The first-order valence-corrected chi connectivity index (χ1v) is 14.2. The van der Waals surface area contributed by atoms with E-state index in [-0.39, 0.29) is 27.5 Å². The van der Waals surface area contributed by atoms with Crippen LogP contribution in [0.25, 0.3) is 22.0 Å². The molecule has 2 heterocycles. The van der Waals surface area contributed by atoms with Crippen molar-refractivity contribution >= 4 is 40.0 Å². The Balaban J connectivity index is 1.45. The fraction of sp³-hybridized carbons (Fsp3) is 0.323. The molecule has 0 unspecified atom stereocenters. The smallest absolute Gasteiger partial charge is 0.346 e. The number of aliphatic carboxylic acids is 1. The molecule has 8 heteroatoms. The first kappa shape index (κ1) is 26.7. The monoisotopic (exact) mass is 545 g/mol. The van der Waals surface area contributed by atoms with Gasteiger partial charge in [-0.05, 0) is 54.7 Å². The van der Waals surface area contributed by atoms with Gasteiger partial charge in [0.05, 0.1) is 0 Å². The Hall–Kier alpha value is -3.91. The molecule has 0 atom stereocenters. The largest absolute Gasteiger partial charge is 0.506 e. The summed E-state index contributed by atoms with van der Waals surface area (Å²) in [6, 6.07) is 13.3. The number of fused-ring (bicyclic) bond motifs is 1. The van der Waals surface area contributed by atoms with Gasteiger partial charge in [-0.1, -0.05) is 61.7 Å². The molecule has 1 saturated carbocycles. The second-order valence-electron chi connectivity index (χ2n) is 10.2. The SMILES string of the molecule is O=C(O)CCCCc1cccc2c(C(=O)c3sc(C(=O)O)c(-c4ccc(C5CCCCC5)cc4)c3O)c[nH]c12. The molecule has 0 radical (unpaired) electrons. The summed E-state index contributed by atoms with van der Waals surface area (Å²) >= 11 is 0.791. The molecular formula is C31H31NO6S. The van der Waals surface area contributed by atoms with Crippen LogP contribution in [0, 0.1) is 0 Å². The highest BCUT2D eigenvalue weighted by Gasteiger charge is 2.29. The number of carbonyl (C=O) groups is 3. The number of carboxylic acid groups (broad SMARTS) is 2. The third-order valence-corrected chi connectivity index (χ3v) is 8.86. The van der Waals surface area contributed by atoms with Crippen LogP contribution in [0.4, 0.5) is 0 Å². The number of aromatic carboxylic acids is 1. The minimum Gasteiger partial charge on any atom is -0.506 e. The fourth-order valence-corrected chi connectivity index (χ4v) is 6.69. The highest BCUT2D eigenvalue weighted by molar-refractivity contribution is 7.17. The summed E-state index contributed by atoms with van der Waals surface area (Å²) in [6.45, 7) is 0. The van der Waals surface area contributed by atoms with E-state index in [4.69, 9.17) is 5.11 Å². The van der Waals surface area contributed by atoms with E-state index in [9.17, 15) is 24.6 Å². The first-order chi connectivity index (χ1) is 18.8. The number of carbonyl (C=O) groups excluding carboxylic acids is 1. The van der Waals surface area contributed by atoms with Gasteiger partial charge in [0, 0.05) is 34.6 Å². The summed E-state index contributed by atoms with van der Waals surface area (Å²) in [5.74, 6) is -2.27. The zero-order valence-corrected chi connectivity index (χ0v) is 22.4. The van der Waals surface area contributed by atoms with Crippen molar-refractivity contribution in [3.8, 4) is 16.9 Å². The molecule has 1 aliphatic rings. The molecule has 0 aliphatic heterocycles. The molecular weight excluding hydrogens is 514 g/mol. The maximum atomic E-state index is 13.6. The quantitative estimate of drug-likeness (QED) is 0.122. The van der Waals surface area contributed by atoms with Crippen molar-refractivity contribution in [2.75, 3.05) is 0 Å². The summed E-state index contributed by atoms with van der Waals surface area (Å²) in [4.78, 5) is 39.7. The molecule has 4 aromatic rings. The van der Waals surface area contributed by atoms with Crippen molar-refractivity contribution in [2.24, 2.45) is 0 Å². The molecule has 0 saturated heterocycles. The number of aromatic nitrogens is 1. The number of hydrogen-bond acceptors (Lipinski definition) is 5. The van der Waals surface area contributed by atoms with Gasteiger partial charge in [-0.25, -0.2) is 4.79 Å². The highest BCUT2D eigenvalue weighted by atomic mass is 32.1. The molecule has 39 heavy (non-hydrogen) atoms. The predicted molar refractivity (Wildman–Crippen MR) is 151 cm³/mol. The Morgan fingerprint density at radius 2 is 1.67 bits per heavy atom. The maximum Gasteiger partial charge on any atom is 0.346 e. The van der Waals surface area contributed by atoms with E-state index >= 15 is 0 Å². The summed E-state index contributed by atoms with van der Waals surface area (Å²) in [6.07, 6.45) is 9.61. The van der Waals surface area contributed by atoms with Crippen molar-refractivity contribution < 1.29 is 29.7 Å². The maximum absolute atomic E-state index is 13.6. The molecule has 2 aromatic carbocycles. The number of aryl methyl sites for hydroxylation is 1. The molecule has 0 bridgehead atoms. The number of unbranched alkanes of at least 4 members (excludes halogenated alkanes) is 1. The second kappa shape index (κ2) is 11.5. The average Bonchev–Trinajstić information content (AvgIpc) is 3.53. The van der Waals surface area contributed by atoms with Crippen LogP contribution in [0.2, 0.25) is 0 Å². The van der Waals surface area contributed by atoms with Gasteiger partial charge in [-0.3, -0.25) is 9.59 Å². The minimum atomic E-state index is -1.19. The molecule has 0 spiro atoms. The number of rotatable bonds is 10. The van der Waals surface area contributed by atoms with Crippen molar-refractivity contribution in [3.05, 3.63) is 75.1 Å². The number of aromatic hydroxyl groups is 1. The van der Waals surface area contributed by atoms with Crippen LogP contribution in [-0.2, 0) is 11.2 Å². The molecule has 4 N–H and O–H groups in total. The fourth-order valence-electron chi connectivity index (χ4n) is 5.68. The molecule has 5 rings (SSSR count). The van der Waals surface area contributed by atoms with Gasteiger partial charge in [-0.2, -0.15) is 0 Å². The van der Waals surface area contributed by atoms with Crippen LogP contribution in [-0.4, -0.2) is 38.0 Å². The van der Waals surface area contributed by atoms with Gasteiger partial charge < -0.3 is 20.3 Å². The third-order valence-electron chi connectivity index (χ3n) is 7.69. The Morgan fingerprint density at radius 1 is 0.923 bits per heavy atom. The predicted octanol–water partition coefficient (Wildman–Crippen LogP) is 7.38. The lowest BCUT2D eigenvalue weighted by atomic mass is 9.83. The van der Waals surface area contributed by atoms with Gasteiger partial charge in [0.1, 0.15) is 15.5 Å². The second-order valence-corrected chi connectivity index (χ2v) is 11.2. The van der Waals surface area contributed by atoms with E-state index in [0.717, 1.165) is 35.3 Å². The number of hydrogen-bond donors (Lipinski definition) is 4. The summed E-state index contributed by atoms with van der Waals surface area (Å²) in [7, 11) is 0. The van der Waals surface area contributed by atoms with E-state index in [1.165, 1.54) is 24.8 Å². The van der Waals surface area contributed by atoms with Crippen molar-refractivity contribution in [1.29, 1.82) is 0 Å². The van der Waals surface area contributed by atoms with E-state index < -0.39 is 17.7 Å². The summed E-state index contributed by atoms with van der Waals surface area (Å²) < 4.78 is 0. The van der Waals surface area contributed by atoms with Crippen molar-refractivity contribution in [1.82, 2.24) is 4.98 Å². The Labute approximate surface area is 230 Å². The van der Waals surface area contributed by atoms with Gasteiger partial charge in [0.15, 0.2) is 0 Å². The van der Waals surface area contributed by atoms with Crippen molar-refractivity contribution in [3.63, 3.8) is 0 Å². The topological polar surface area (TPSA) is 128 Å². The minimum absolute atomic E-state index is 0.00785. The van der Waals surface area contributed by atoms with Crippen LogP contribution in [0.3, 0.4) is 0 Å². The molecule has 7 nitrogen and oxygen atoms in total. The number of carboxylic acids is 2. The zero-order valence-electron chi connectivity index (χ0n) is 21.5. The number of nitrogens with one attached hydrogen (secondary N) is 1. The lowest BCUT2D eigenvalue weighted by Crippen LogP contribution is -2.04. The summed E-state index contributed by atoms with van der Waals surface area (Å²) in [5.41, 5.74) is 4.07. The molecule has 202 valence electrons. The first-order valence-electron chi connectivity index (χ1n) is 13.4. The van der Waals surface area contributed by atoms with Crippen LogP contribution in [0.5, 0.6) is 5.75 Å². The summed E-state index contributed by atoms with van der Waals surface area (Å²) in [5, 5.41) is 30.7. The van der Waals surface area contributed by atoms with Crippen LogP contribution < -0.4 is 0 Å². The Bertz CT molecular complexity index is 1520. The Kier molecular flexibility index (Phi) is 7.84. The third kappa shape index (κ3) is 5.47. The Morgan fingerprint density at radius 3 is 2.36 bits per heavy atom. The zero-order chi connectivity index (χ0) is 27.5. The van der Waals surface area contributed by atoms with Crippen LogP contribution >= 0.6 is 11.3 Å². The van der Waals surface area contributed by atoms with Gasteiger partial charge in [0.25, 0.3) is 0 Å². The highest BCUT2D eigenvalue weighted by Crippen LogP contribution is 2.44. The van der Waals surface area contributed by atoms with Gasteiger partial charge in [0.2, 0.25) is 5.78 Å². The molecule has 2 aromatic heterocycles. The number of H-pyrrole nitrogens is 1. The standard InChI is InChI=1S/C31H31NO6S/c33-24(34)12-5-4-9-21-10-6-11-22-23(17-32-26(21)22)27(35)30-28(36)25(29(39-30)31(37)38)20-15-13-19(14-16-20)18-7-2-1-3-8-18/h6,10-11,13-18,32,36H,1-5,7-9,12H2,(H,33,34)(H,37,38). The van der Waals surface area contributed by atoms with E-state index in [2.05, 4.69) is 4.98 Å². The molecule has 1 aliphatic carbocycles. The average molecular weight is 546 g/mol. The number of ketones is 1.